The second kappa shape index (κ2) is 6.68. The molecule has 1 N–H and O–H groups in total. The lowest BCUT2D eigenvalue weighted by atomic mass is 10.1. The highest BCUT2D eigenvalue weighted by atomic mass is 16.7. The van der Waals surface area contributed by atoms with E-state index >= 15 is 0 Å². The number of aryl methyl sites for hydroxylation is 1. The second-order valence-corrected chi connectivity index (χ2v) is 5.34. The fourth-order valence-electron chi connectivity index (χ4n) is 2.27. The van der Waals surface area contributed by atoms with Gasteiger partial charge in [-0.1, -0.05) is 0 Å². The lowest BCUT2D eigenvalue weighted by molar-refractivity contribution is -0.119. The van der Waals surface area contributed by atoms with E-state index in [0.717, 1.165) is 0 Å². The Morgan fingerprint density at radius 1 is 1.16 bits per heavy atom. The Bertz CT molecular complexity index is 853. The summed E-state index contributed by atoms with van der Waals surface area (Å²) in [7, 11) is 0. The smallest absolute Gasteiger partial charge is 0.374 e. The molecule has 130 valence electrons. The molecule has 0 radical (unpaired) electrons. The number of Topliss-reactive ketones (excluding diaryl/α,β-unsaturated/α-hetero) is 1. The number of anilines is 1. The van der Waals surface area contributed by atoms with Crippen molar-refractivity contribution < 1.29 is 33.0 Å². The fourth-order valence-corrected chi connectivity index (χ4v) is 2.27. The molecule has 1 aliphatic heterocycles. The Morgan fingerprint density at radius 2 is 1.88 bits per heavy atom. The third-order valence-corrected chi connectivity index (χ3v) is 3.44. The van der Waals surface area contributed by atoms with Gasteiger partial charge in [-0.05, 0) is 32.0 Å². The number of hydrogen-bond donors (Lipinski definition) is 1. The number of rotatable bonds is 5. The highest BCUT2D eigenvalue weighted by Gasteiger charge is 2.21. The molecule has 0 saturated carbocycles. The maximum Gasteiger partial charge on any atom is 0.374 e. The number of nitrogens with one attached hydrogen (secondary N) is 1. The maximum atomic E-state index is 12.0. The molecule has 0 aliphatic carbocycles. The summed E-state index contributed by atoms with van der Waals surface area (Å²) in [4.78, 5) is 35.5. The topological polar surface area (TPSA) is 104 Å². The van der Waals surface area contributed by atoms with Gasteiger partial charge in [-0.25, -0.2) is 4.79 Å². The largest absolute Gasteiger partial charge is 0.454 e. The molecule has 0 fully saturated rings. The Hall–Kier alpha value is -3.29. The molecular weight excluding hydrogens is 330 g/mol. The molecule has 2 heterocycles. The summed E-state index contributed by atoms with van der Waals surface area (Å²) in [5.41, 5.74) is 0.525. The molecule has 0 unspecified atom stereocenters. The first kappa shape index (κ1) is 16.6. The van der Waals surface area contributed by atoms with Crippen LogP contribution in [0.4, 0.5) is 5.69 Å². The van der Waals surface area contributed by atoms with Crippen LogP contribution < -0.4 is 14.8 Å². The van der Waals surface area contributed by atoms with Crippen molar-refractivity contribution in [3.05, 3.63) is 41.3 Å². The Labute approximate surface area is 142 Å². The molecule has 1 aliphatic rings. The zero-order valence-corrected chi connectivity index (χ0v) is 13.6. The molecule has 0 atom stereocenters. The number of furan rings is 1. The van der Waals surface area contributed by atoms with E-state index in [1.54, 1.807) is 13.0 Å². The standard InChI is InChI=1S/C17H15NO7/c1-9-3-4-13(25-9)17(21)22-7-16(20)18-12-6-15-14(23-8-24-15)5-11(12)10(2)19/h3-6H,7-8H2,1-2H3,(H,18,20). The number of fused-ring (bicyclic) bond motifs is 1. The maximum absolute atomic E-state index is 12.0. The van der Waals surface area contributed by atoms with E-state index in [1.165, 1.54) is 25.1 Å². The lowest BCUT2D eigenvalue weighted by Crippen LogP contribution is -2.21. The van der Waals surface area contributed by atoms with Gasteiger partial charge in [0.2, 0.25) is 12.6 Å². The van der Waals surface area contributed by atoms with Crippen LogP contribution in [0.2, 0.25) is 0 Å². The Kier molecular flexibility index (Phi) is 4.42. The van der Waals surface area contributed by atoms with E-state index in [0.29, 0.717) is 17.3 Å². The minimum absolute atomic E-state index is 0.0119. The van der Waals surface area contributed by atoms with E-state index in [4.69, 9.17) is 18.6 Å². The zero-order chi connectivity index (χ0) is 18.0. The molecule has 2 aromatic rings. The molecule has 1 aromatic carbocycles. The van der Waals surface area contributed by atoms with Crippen molar-refractivity contribution in [1.82, 2.24) is 0 Å². The van der Waals surface area contributed by atoms with Crippen LogP contribution in [-0.4, -0.2) is 31.1 Å². The SMILES string of the molecule is CC(=O)c1cc2c(cc1NC(=O)COC(=O)c1ccc(C)o1)OCO2. The number of amides is 1. The first-order chi connectivity index (χ1) is 11.9. The van der Waals surface area contributed by atoms with Gasteiger partial charge in [-0.15, -0.1) is 0 Å². The van der Waals surface area contributed by atoms with E-state index in [9.17, 15) is 14.4 Å². The minimum atomic E-state index is -0.749. The van der Waals surface area contributed by atoms with E-state index in [1.807, 2.05) is 0 Å². The molecule has 3 rings (SSSR count). The van der Waals surface area contributed by atoms with Crippen molar-refractivity contribution in [3.63, 3.8) is 0 Å². The number of benzene rings is 1. The molecule has 25 heavy (non-hydrogen) atoms. The Balaban J connectivity index is 1.66. The quantitative estimate of drug-likeness (QED) is 0.655. The van der Waals surface area contributed by atoms with Gasteiger partial charge in [0.05, 0.1) is 5.69 Å². The molecular formula is C17H15NO7. The average molecular weight is 345 g/mol. The van der Waals surface area contributed by atoms with Crippen molar-refractivity contribution in [2.75, 3.05) is 18.7 Å². The van der Waals surface area contributed by atoms with Crippen molar-refractivity contribution in [1.29, 1.82) is 0 Å². The third-order valence-electron chi connectivity index (χ3n) is 3.44. The van der Waals surface area contributed by atoms with Gasteiger partial charge >= 0.3 is 5.97 Å². The summed E-state index contributed by atoms with van der Waals surface area (Å²) in [5.74, 6) is -0.179. The second-order valence-electron chi connectivity index (χ2n) is 5.34. The molecule has 0 spiro atoms. The third kappa shape index (κ3) is 3.63. The van der Waals surface area contributed by atoms with Gasteiger partial charge in [0.25, 0.3) is 5.91 Å². The fraction of sp³-hybridized carbons (Fsp3) is 0.235. The van der Waals surface area contributed by atoms with Crippen LogP contribution in [0.25, 0.3) is 0 Å². The van der Waals surface area contributed by atoms with Gasteiger partial charge in [-0.3, -0.25) is 9.59 Å². The van der Waals surface area contributed by atoms with Crippen molar-refractivity contribution in [2.45, 2.75) is 13.8 Å². The zero-order valence-electron chi connectivity index (χ0n) is 13.6. The van der Waals surface area contributed by atoms with Gasteiger partial charge in [0.15, 0.2) is 23.9 Å². The number of esters is 1. The average Bonchev–Trinajstić information content (AvgIpc) is 3.20. The molecule has 1 aromatic heterocycles. The van der Waals surface area contributed by atoms with Crippen molar-refractivity contribution in [2.24, 2.45) is 0 Å². The molecule has 1 amide bonds. The number of hydrogen-bond acceptors (Lipinski definition) is 7. The summed E-state index contributed by atoms with van der Waals surface area (Å²) in [6.07, 6.45) is 0. The van der Waals surface area contributed by atoms with Gasteiger partial charge in [-0.2, -0.15) is 0 Å². The van der Waals surface area contributed by atoms with Crippen LogP contribution in [0.15, 0.2) is 28.7 Å². The summed E-state index contributed by atoms with van der Waals surface area (Å²) in [6.45, 7) is 2.58. The molecule has 0 bridgehead atoms. The number of ketones is 1. The molecule has 8 nitrogen and oxygen atoms in total. The van der Waals surface area contributed by atoms with Crippen LogP contribution in [0.3, 0.4) is 0 Å². The number of ether oxygens (including phenoxy) is 3. The summed E-state index contributed by atoms with van der Waals surface area (Å²) in [6, 6.07) is 6.07. The summed E-state index contributed by atoms with van der Waals surface area (Å²) < 4.78 is 20.4. The van der Waals surface area contributed by atoms with Crippen LogP contribution in [0.1, 0.15) is 33.6 Å². The van der Waals surface area contributed by atoms with Gasteiger partial charge in [0.1, 0.15) is 5.76 Å². The predicted octanol–water partition coefficient (Wildman–Crippen LogP) is 2.31. The first-order valence-corrected chi connectivity index (χ1v) is 7.42. The normalized spacial score (nSPS) is 11.9. The Morgan fingerprint density at radius 3 is 2.52 bits per heavy atom. The van der Waals surface area contributed by atoms with Gasteiger partial charge < -0.3 is 23.9 Å². The van der Waals surface area contributed by atoms with E-state index in [-0.39, 0.29) is 29.6 Å². The summed E-state index contributed by atoms with van der Waals surface area (Å²) in [5, 5.41) is 2.53. The van der Waals surface area contributed by atoms with E-state index in [2.05, 4.69) is 5.32 Å². The predicted molar refractivity (Wildman–Crippen MR) is 84.9 cm³/mol. The molecule has 8 heteroatoms. The summed E-state index contributed by atoms with van der Waals surface area (Å²) >= 11 is 0. The van der Waals surface area contributed by atoms with Crippen LogP contribution in [0.5, 0.6) is 11.5 Å². The van der Waals surface area contributed by atoms with Crippen LogP contribution in [0, 0.1) is 6.92 Å². The highest BCUT2D eigenvalue weighted by molar-refractivity contribution is 6.05. The monoisotopic (exact) mass is 345 g/mol. The number of carbonyl (C=O) groups is 3. The highest BCUT2D eigenvalue weighted by Crippen LogP contribution is 2.37. The van der Waals surface area contributed by atoms with Gasteiger partial charge in [0, 0.05) is 11.6 Å². The van der Waals surface area contributed by atoms with Crippen molar-refractivity contribution in [3.8, 4) is 11.5 Å². The van der Waals surface area contributed by atoms with Crippen LogP contribution >= 0.6 is 0 Å². The molecule has 0 saturated heterocycles. The van der Waals surface area contributed by atoms with Crippen LogP contribution in [-0.2, 0) is 9.53 Å². The number of carbonyl (C=O) groups excluding carboxylic acids is 3. The first-order valence-electron chi connectivity index (χ1n) is 7.42. The lowest BCUT2D eigenvalue weighted by Gasteiger charge is -2.10. The minimum Gasteiger partial charge on any atom is -0.454 e. The van der Waals surface area contributed by atoms with E-state index < -0.39 is 18.5 Å². The van der Waals surface area contributed by atoms with Crippen molar-refractivity contribution >= 4 is 23.3 Å².